The highest BCUT2D eigenvalue weighted by Crippen LogP contribution is 2.37. The van der Waals surface area contributed by atoms with Gasteiger partial charge in [-0.1, -0.05) is 53.8 Å². The maximum absolute atomic E-state index is 13.6. The van der Waals surface area contributed by atoms with E-state index in [9.17, 15) is 14.7 Å². The number of rotatable bonds is 10. The number of esters is 1. The fourth-order valence-corrected chi connectivity index (χ4v) is 5.85. The Morgan fingerprint density at radius 2 is 1.79 bits per heavy atom. The van der Waals surface area contributed by atoms with Crippen molar-refractivity contribution in [1.29, 1.82) is 0 Å². The van der Waals surface area contributed by atoms with Crippen molar-refractivity contribution in [1.82, 2.24) is 4.57 Å². The Kier molecular flexibility index (Phi) is 8.96. The van der Waals surface area contributed by atoms with E-state index >= 15 is 0 Å². The number of thiazole rings is 1. The van der Waals surface area contributed by atoms with Crippen LogP contribution in [0.4, 0.5) is 0 Å². The molecule has 0 saturated heterocycles. The van der Waals surface area contributed by atoms with Crippen LogP contribution in [0.5, 0.6) is 23.0 Å². The maximum Gasteiger partial charge on any atom is 0.338 e. The first-order chi connectivity index (χ1) is 20.8. The number of nitrogens with zero attached hydrogens (tertiary/aromatic N) is 2. The van der Waals surface area contributed by atoms with Gasteiger partial charge in [-0.3, -0.25) is 9.36 Å². The Morgan fingerprint density at radius 1 is 1.00 bits per heavy atom. The van der Waals surface area contributed by atoms with Gasteiger partial charge in [-0.15, -0.1) is 0 Å². The Labute approximate surface area is 252 Å². The molecule has 9 nitrogen and oxygen atoms in total. The summed E-state index contributed by atoms with van der Waals surface area (Å²) in [4.78, 5) is 32.2. The summed E-state index contributed by atoms with van der Waals surface area (Å²) in [5.41, 5.74) is 2.78. The predicted molar refractivity (Wildman–Crippen MR) is 164 cm³/mol. The second-order valence-corrected chi connectivity index (χ2v) is 10.6. The van der Waals surface area contributed by atoms with Gasteiger partial charge in [0.05, 0.1) is 30.4 Å². The number of aromatic nitrogens is 1. The lowest BCUT2D eigenvalue weighted by atomic mass is 9.96. The zero-order valence-corrected chi connectivity index (χ0v) is 25.1. The summed E-state index contributed by atoms with van der Waals surface area (Å²) >= 11 is 1.21. The van der Waals surface area contributed by atoms with Gasteiger partial charge in [0.2, 0.25) is 0 Å². The summed E-state index contributed by atoms with van der Waals surface area (Å²) in [6.07, 6.45) is 1.71. The lowest BCUT2D eigenvalue weighted by Crippen LogP contribution is -2.35. The molecule has 1 N–H and O–H groups in total. The van der Waals surface area contributed by atoms with E-state index in [2.05, 4.69) is 0 Å². The molecule has 222 valence electrons. The number of carbonyl (C=O) groups is 1. The van der Waals surface area contributed by atoms with Crippen LogP contribution < -0.4 is 29.1 Å². The molecule has 10 heteroatoms. The molecular weight excluding hydrogens is 568 g/mol. The normalized spacial score (nSPS) is 14.6. The molecule has 0 unspecified atom stereocenters. The predicted octanol–water partition coefficient (Wildman–Crippen LogP) is 4.60. The van der Waals surface area contributed by atoms with Gasteiger partial charge in [0, 0.05) is 5.70 Å². The third-order valence-corrected chi connectivity index (χ3v) is 7.84. The van der Waals surface area contributed by atoms with E-state index in [4.69, 9.17) is 23.9 Å². The molecule has 1 aliphatic rings. The number of methoxy groups -OCH3 is 1. The summed E-state index contributed by atoms with van der Waals surface area (Å²) in [6.45, 7) is 6.20. The fourth-order valence-electron chi connectivity index (χ4n) is 4.81. The van der Waals surface area contributed by atoms with Gasteiger partial charge in [0.1, 0.15) is 12.6 Å². The molecule has 4 aromatic rings. The summed E-state index contributed by atoms with van der Waals surface area (Å²) in [6, 6.07) is 19.4. The van der Waals surface area contributed by atoms with E-state index < -0.39 is 12.0 Å². The molecule has 1 aliphatic heterocycles. The molecule has 5 rings (SSSR count). The fraction of sp³-hybridized carbons (Fsp3) is 0.242. The number of fused-ring (bicyclic) bond motifs is 1. The van der Waals surface area contributed by atoms with Crippen molar-refractivity contribution < 1.29 is 28.8 Å². The number of carbonyl (C=O) groups excluding carboxylic acids is 1. The minimum Gasteiger partial charge on any atom is -0.504 e. The van der Waals surface area contributed by atoms with Crippen LogP contribution in [0.3, 0.4) is 0 Å². The van der Waals surface area contributed by atoms with Crippen molar-refractivity contribution in [3.05, 3.63) is 109 Å². The Bertz CT molecular complexity index is 1860. The van der Waals surface area contributed by atoms with Crippen LogP contribution in [0.2, 0.25) is 0 Å². The highest BCUT2D eigenvalue weighted by molar-refractivity contribution is 7.07. The molecular formula is C33H32N2O7S. The number of allylic oxidation sites excluding steroid dienone is 1. The first-order valence-electron chi connectivity index (χ1n) is 13.8. The van der Waals surface area contributed by atoms with Crippen LogP contribution in [-0.2, 0) is 16.1 Å². The molecule has 3 aromatic carbocycles. The van der Waals surface area contributed by atoms with Crippen LogP contribution in [0.15, 0.2) is 82.1 Å². The van der Waals surface area contributed by atoms with Crippen LogP contribution >= 0.6 is 11.3 Å². The number of ether oxygens (including phenoxy) is 4. The Hall–Kier alpha value is -4.83. The Morgan fingerprint density at radius 3 is 2.51 bits per heavy atom. The van der Waals surface area contributed by atoms with Crippen molar-refractivity contribution in [2.45, 2.75) is 33.4 Å². The SMILES string of the molecule is CCOC(=O)C1=C(C)n2c(s/c(=C\c3ccc(O)c(OCC)c3)c2=O)=N[C@H]1c1ccc(OCc2ccccc2)c(OC)c1. The number of phenols is 1. The molecule has 0 spiro atoms. The van der Waals surface area contributed by atoms with Crippen molar-refractivity contribution in [2.24, 2.45) is 4.99 Å². The van der Waals surface area contributed by atoms with E-state index in [0.717, 1.165) is 5.56 Å². The van der Waals surface area contributed by atoms with Crippen LogP contribution in [0.25, 0.3) is 11.8 Å². The van der Waals surface area contributed by atoms with Gasteiger partial charge >= 0.3 is 5.97 Å². The standard InChI is InChI=1S/C33H32N2O7S/c1-5-40-26-16-22(12-14-24(26)36)17-28-31(37)35-20(3)29(32(38)41-6-2)30(34-33(35)43-28)23-13-15-25(27(18-23)39-4)42-19-21-10-8-7-9-11-21/h7-18,30,36H,5-6,19H2,1-4H3/b28-17-/t30-/m0/s1. The number of benzene rings is 3. The van der Waals surface area contributed by atoms with Crippen LogP contribution in [0, 0.1) is 0 Å². The highest BCUT2D eigenvalue weighted by Gasteiger charge is 2.32. The average Bonchev–Trinajstić information content (AvgIpc) is 3.32. The lowest BCUT2D eigenvalue weighted by molar-refractivity contribution is -0.138. The van der Waals surface area contributed by atoms with Gasteiger partial charge in [0.25, 0.3) is 5.56 Å². The first-order valence-corrected chi connectivity index (χ1v) is 14.7. The van der Waals surface area contributed by atoms with Crippen molar-refractivity contribution in [3.63, 3.8) is 0 Å². The molecule has 1 aromatic heterocycles. The second-order valence-electron chi connectivity index (χ2n) is 9.63. The summed E-state index contributed by atoms with van der Waals surface area (Å²) < 4.78 is 24.4. The smallest absolute Gasteiger partial charge is 0.338 e. The number of phenolic OH excluding ortho intramolecular Hbond substituents is 1. The first kappa shape index (κ1) is 29.7. The summed E-state index contributed by atoms with van der Waals surface area (Å²) in [7, 11) is 1.55. The van der Waals surface area contributed by atoms with Crippen LogP contribution in [-0.4, -0.2) is 36.0 Å². The second kappa shape index (κ2) is 13.0. The molecule has 0 amide bonds. The molecule has 0 radical (unpaired) electrons. The maximum atomic E-state index is 13.6. The molecule has 0 bridgehead atoms. The molecule has 1 atom stereocenters. The number of hydrogen-bond donors (Lipinski definition) is 1. The van der Waals surface area contributed by atoms with Crippen molar-refractivity contribution in [3.8, 4) is 23.0 Å². The zero-order valence-electron chi connectivity index (χ0n) is 24.3. The van der Waals surface area contributed by atoms with E-state index in [-0.39, 0.29) is 23.5 Å². The molecule has 0 aliphatic carbocycles. The van der Waals surface area contributed by atoms with Gasteiger partial charge < -0.3 is 24.1 Å². The molecule has 0 saturated carbocycles. The third kappa shape index (κ3) is 6.19. The van der Waals surface area contributed by atoms with Crippen molar-refractivity contribution >= 4 is 29.1 Å². The van der Waals surface area contributed by atoms with Crippen LogP contribution in [0.1, 0.15) is 43.5 Å². The molecule has 2 heterocycles. The molecule has 0 fully saturated rings. The van der Waals surface area contributed by atoms with Crippen molar-refractivity contribution in [2.75, 3.05) is 20.3 Å². The van der Waals surface area contributed by atoms with E-state index in [1.54, 1.807) is 51.3 Å². The lowest BCUT2D eigenvalue weighted by Gasteiger charge is -2.23. The molecule has 43 heavy (non-hydrogen) atoms. The van der Waals surface area contributed by atoms with E-state index in [0.29, 0.717) is 56.6 Å². The topological polar surface area (TPSA) is 109 Å². The minimum atomic E-state index is -0.736. The summed E-state index contributed by atoms with van der Waals surface area (Å²) in [5, 5.41) is 10.1. The van der Waals surface area contributed by atoms with E-state index in [1.807, 2.05) is 43.3 Å². The van der Waals surface area contributed by atoms with Gasteiger partial charge in [-0.25, -0.2) is 9.79 Å². The van der Waals surface area contributed by atoms with Gasteiger partial charge in [-0.2, -0.15) is 0 Å². The highest BCUT2D eigenvalue weighted by atomic mass is 32.1. The zero-order chi connectivity index (χ0) is 30.5. The minimum absolute atomic E-state index is 0.0174. The number of aromatic hydroxyl groups is 1. The average molecular weight is 601 g/mol. The van der Waals surface area contributed by atoms with Gasteiger partial charge in [-0.05, 0) is 67.8 Å². The van der Waals surface area contributed by atoms with Gasteiger partial charge in [0.15, 0.2) is 27.8 Å². The summed E-state index contributed by atoms with van der Waals surface area (Å²) in [5.74, 6) is 0.836. The largest absolute Gasteiger partial charge is 0.504 e. The quantitative estimate of drug-likeness (QED) is 0.265. The third-order valence-electron chi connectivity index (χ3n) is 6.86. The Balaban J connectivity index is 1.58. The monoisotopic (exact) mass is 600 g/mol. The van der Waals surface area contributed by atoms with E-state index in [1.165, 1.54) is 22.0 Å². The number of hydrogen-bond acceptors (Lipinski definition) is 9.